The van der Waals surface area contributed by atoms with Crippen molar-refractivity contribution in [1.82, 2.24) is 4.90 Å². The Morgan fingerprint density at radius 2 is 2.05 bits per heavy atom. The highest BCUT2D eigenvalue weighted by Crippen LogP contribution is 2.28. The number of rotatable bonds is 5. The number of carboxylic acid groups (broad SMARTS) is 1. The molecule has 0 aromatic heterocycles. The lowest BCUT2D eigenvalue weighted by atomic mass is 10.1. The molecule has 1 aliphatic rings. The summed E-state index contributed by atoms with van der Waals surface area (Å²) in [5.41, 5.74) is 1.83. The Balaban J connectivity index is 2.03. The molecule has 1 fully saturated rings. The van der Waals surface area contributed by atoms with Crippen molar-refractivity contribution in [2.75, 3.05) is 37.6 Å². The number of hydrogen-bond donors (Lipinski definition) is 1. The van der Waals surface area contributed by atoms with Gasteiger partial charge in [-0.25, -0.2) is 4.79 Å². The van der Waals surface area contributed by atoms with Crippen molar-refractivity contribution in [1.29, 1.82) is 0 Å². The van der Waals surface area contributed by atoms with Crippen molar-refractivity contribution in [3.63, 3.8) is 0 Å². The number of hydrogen-bond acceptors (Lipinski definition) is 3. The molecule has 5 heteroatoms. The van der Waals surface area contributed by atoms with Crippen LogP contribution in [0.25, 0.3) is 6.08 Å². The number of nitrogens with zero attached hydrogens (tertiary/aromatic N) is 2. The summed E-state index contributed by atoms with van der Waals surface area (Å²) in [4.78, 5) is 15.3. The number of carbonyl (C=O) groups is 1. The first-order valence-electron chi connectivity index (χ1n) is 7.28. The van der Waals surface area contributed by atoms with Crippen LogP contribution in [0.5, 0.6) is 0 Å². The van der Waals surface area contributed by atoms with Crippen LogP contribution in [0.4, 0.5) is 5.69 Å². The van der Waals surface area contributed by atoms with E-state index in [1.165, 1.54) is 6.42 Å². The number of piperazine rings is 1. The number of anilines is 1. The van der Waals surface area contributed by atoms with Gasteiger partial charge in [0.25, 0.3) is 0 Å². The molecule has 1 N–H and O–H groups in total. The third-order valence-electron chi connectivity index (χ3n) is 3.64. The zero-order valence-electron chi connectivity index (χ0n) is 12.3. The van der Waals surface area contributed by atoms with Gasteiger partial charge in [0.15, 0.2) is 0 Å². The van der Waals surface area contributed by atoms with E-state index in [1.807, 2.05) is 18.2 Å². The van der Waals surface area contributed by atoms with Crippen LogP contribution in [0.3, 0.4) is 0 Å². The summed E-state index contributed by atoms with van der Waals surface area (Å²) < 4.78 is 0. The van der Waals surface area contributed by atoms with E-state index in [-0.39, 0.29) is 0 Å². The second-order valence-electron chi connectivity index (χ2n) is 5.21. The molecule has 0 atom stereocenters. The fraction of sp³-hybridized carbons (Fsp3) is 0.438. The van der Waals surface area contributed by atoms with Crippen LogP contribution in [0.15, 0.2) is 24.3 Å². The average Bonchev–Trinajstić information content (AvgIpc) is 2.47. The quantitative estimate of drug-likeness (QED) is 0.849. The minimum atomic E-state index is -0.956. The van der Waals surface area contributed by atoms with Gasteiger partial charge in [-0.3, -0.25) is 4.90 Å². The lowest BCUT2D eigenvalue weighted by Crippen LogP contribution is -2.46. The summed E-state index contributed by atoms with van der Waals surface area (Å²) in [5, 5.41) is 9.31. The van der Waals surface area contributed by atoms with Crippen molar-refractivity contribution >= 4 is 29.3 Å². The van der Waals surface area contributed by atoms with E-state index in [1.54, 1.807) is 6.08 Å². The predicted molar refractivity (Wildman–Crippen MR) is 87.1 cm³/mol. The normalized spacial score (nSPS) is 16.6. The largest absolute Gasteiger partial charge is 0.478 e. The summed E-state index contributed by atoms with van der Waals surface area (Å²) in [5.74, 6) is -0.956. The van der Waals surface area contributed by atoms with Gasteiger partial charge in [-0.15, -0.1) is 0 Å². The zero-order valence-corrected chi connectivity index (χ0v) is 13.0. The van der Waals surface area contributed by atoms with Crippen LogP contribution in [0.2, 0.25) is 5.02 Å². The van der Waals surface area contributed by atoms with Gasteiger partial charge in [0.2, 0.25) is 0 Å². The third-order valence-corrected chi connectivity index (χ3v) is 3.95. The van der Waals surface area contributed by atoms with Crippen molar-refractivity contribution in [3.05, 3.63) is 34.9 Å². The third kappa shape index (κ3) is 4.48. The molecule has 21 heavy (non-hydrogen) atoms. The first kappa shape index (κ1) is 15.9. The fourth-order valence-electron chi connectivity index (χ4n) is 2.58. The Bertz CT molecular complexity index is 523. The van der Waals surface area contributed by atoms with Crippen LogP contribution in [-0.2, 0) is 4.79 Å². The number of carboxylic acids is 1. The molecule has 0 radical (unpaired) electrons. The van der Waals surface area contributed by atoms with Gasteiger partial charge in [0, 0.05) is 32.3 Å². The fourth-order valence-corrected chi connectivity index (χ4v) is 2.89. The Hall–Kier alpha value is -1.52. The van der Waals surface area contributed by atoms with Gasteiger partial charge in [0.1, 0.15) is 0 Å². The Morgan fingerprint density at radius 3 is 2.62 bits per heavy atom. The lowest BCUT2D eigenvalue weighted by molar-refractivity contribution is -0.131. The maximum atomic E-state index is 10.5. The Kier molecular flexibility index (Phi) is 5.65. The highest BCUT2D eigenvalue weighted by atomic mass is 35.5. The van der Waals surface area contributed by atoms with Gasteiger partial charge in [0.05, 0.1) is 10.7 Å². The molecule has 1 saturated heterocycles. The van der Waals surface area contributed by atoms with E-state index >= 15 is 0 Å². The Morgan fingerprint density at radius 1 is 1.33 bits per heavy atom. The highest BCUT2D eigenvalue weighted by molar-refractivity contribution is 6.33. The molecule has 1 aromatic rings. The molecule has 0 bridgehead atoms. The van der Waals surface area contributed by atoms with E-state index < -0.39 is 5.97 Å². The maximum Gasteiger partial charge on any atom is 0.328 e. The van der Waals surface area contributed by atoms with Crippen molar-refractivity contribution in [3.8, 4) is 0 Å². The van der Waals surface area contributed by atoms with Crippen LogP contribution < -0.4 is 4.90 Å². The molecule has 0 unspecified atom stereocenters. The number of halogens is 1. The van der Waals surface area contributed by atoms with Gasteiger partial charge >= 0.3 is 5.97 Å². The molecule has 1 aliphatic heterocycles. The van der Waals surface area contributed by atoms with Crippen molar-refractivity contribution < 1.29 is 9.90 Å². The van der Waals surface area contributed by atoms with Crippen LogP contribution >= 0.6 is 11.6 Å². The van der Waals surface area contributed by atoms with Gasteiger partial charge in [-0.1, -0.05) is 24.6 Å². The lowest BCUT2D eigenvalue weighted by Gasteiger charge is -2.36. The average molecular weight is 309 g/mol. The summed E-state index contributed by atoms with van der Waals surface area (Å²) in [6.45, 7) is 7.43. The van der Waals surface area contributed by atoms with E-state index in [9.17, 15) is 4.79 Å². The van der Waals surface area contributed by atoms with Crippen molar-refractivity contribution in [2.24, 2.45) is 0 Å². The topological polar surface area (TPSA) is 43.8 Å². The monoisotopic (exact) mass is 308 g/mol. The standard InChI is InChI=1S/C16H21ClN2O2/c1-2-7-18-8-10-19(11-9-18)15-5-3-13(12-14(15)17)4-6-16(20)21/h3-6,12H,2,7-11H2,1H3,(H,20,21)/b6-4+. The van der Waals surface area contributed by atoms with Gasteiger partial charge in [-0.2, -0.15) is 0 Å². The summed E-state index contributed by atoms with van der Waals surface area (Å²) in [6.07, 6.45) is 3.86. The first-order chi connectivity index (χ1) is 10.1. The highest BCUT2D eigenvalue weighted by Gasteiger charge is 2.18. The molecule has 0 spiro atoms. The molecule has 0 aliphatic carbocycles. The van der Waals surface area contributed by atoms with Crippen LogP contribution in [-0.4, -0.2) is 48.7 Å². The molecular weight excluding hydrogens is 288 g/mol. The smallest absolute Gasteiger partial charge is 0.328 e. The molecular formula is C16H21ClN2O2. The Labute approximate surface area is 130 Å². The van der Waals surface area contributed by atoms with E-state index in [0.29, 0.717) is 5.02 Å². The molecule has 114 valence electrons. The van der Waals surface area contributed by atoms with E-state index in [0.717, 1.165) is 50.1 Å². The minimum absolute atomic E-state index is 0.673. The molecule has 4 nitrogen and oxygen atoms in total. The molecule has 1 aromatic carbocycles. The summed E-state index contributed by atoms with van der Waals surface area (Å²) >= 11 is 6.34. The maximum absolute atomic E-state index is 10.5. The molecule has 2 rings (SSSR count). The first-order valence-corrected chi connectivity index (χ1v) is 7.66. The van der Waals surface area contributed by atoms with Crippen LogP contribution in [0.1, 0.15) is 18.9 Å². The van der Waals surface area contributed by atoms with Gasteiger partial charge in [-0.05, 0) is 36.7 Å². The van der Waals surface area contributed by atoms with E-state index in [2.05, 4.69) is 16.7 Å². The summed E-state index contributed by atoms with van der Waals surface area (Å²) in [6, 6.07) is 5.69. The van der Waals surface area contributed by atoms with Crippen LogP contribution in [0, 0.1) is 0 Å². The molecule has 1 heterocycles. The SMILES string of the molecule is CCCN1CCN(c2ccc(/C=C/C(=O)O)cc2Cl)CC1. The van der Waals surface area contributed by atoms with E-state index in [4.69, 9.17) is 16.7 Å². The molecule has 0 amide bonds. The minimum Gasteiger partial charge on any atom is -0.478 e. The second-order valence-corrected chi connectivity index (χ2v) is 5.62. The predicted octanol–water partition coefficient (Wildman–Crippen LogP) is 2.97. The summed E-state index contributed by atoms with van der Waals surface area (Å²) in [7, 11) is 0. The zero-order chi connectivity index (χ0) is 15.2. The number of benzene rings is 1. The number of aliphatic carboxylic acids is 1. The van der Waals surface area contributed by atoms with Crippen molar-refractivity contribution in [2.45, 2.75) is 13.3 Å². The molecule has 0 saturated carbocycles. The second kappa shape index (κ2) is 7.48. The van der Waals surface area contributed by atoms with Gasteiger partial charge < -0.3 is 10.0 Å².